The fourth-order valence-corrected chi connectivity index (χ4v) is 5.79. The van der Waals surface area contributed by atoms with Gasteiger partial charge in [-0.25, -0.2) is 8.78 Å². The first-order valence-electron chi connectivity index (χ1n) is 11.2. The molecule has 1 N–H and O–H groups in total. The van der Waals surface area contributed by atoms with E-state index in [4.69, 9.17) is 0 Å². The van der Waals surface area contributed by atoms with Crippen molar-refractivity contribution >= 4 is 51.4 Å². The molecule has 1 amide bonds. The van der Waals surface area contributed by atoms with Crippen LogP contribution in [0.1, 0.15) is 22.7 Å². The minimum Gasteiger partial charge on any atom is -0.507 e. The molecule has 196 valence electrons. The minimum absolute atomic E-state index is 0.0696. The molecule has 1 aliphatic heterocycles. The highest BCUT2D eigenvalue weighted by Gasteiger charge is 2.48. The van der Waals surface area contributed by atoms with Gasteiger partial charge in [0.1, 0.15) is 17.4 Å². The van der Waals surface area contributed by atoms with Gasteiger partial charge in [0.15, 0.2) is 4.34 Å². The number of thioether (sulfide) groups is 1. The number of anilines is 1. The standard InChI is InChI=1S/C26H16F2N4O5S2/c27-17-7-1-14(2-8-17)13-38-26-30-29-25(39-26)31-21(15-5-11-19(12-6-15)32(36)37)20(23(34)24(31)35)22(33)16-3-9-18(28)10-4-16/h1-12,21,33H,13H2/b22-20-. The minimum atomic E-state index is -1.18. The zero-order valence-corrected chi connectivity index (χ0v) is 21.3. The Morgan fingerprint density at radius 2 is 1.59 bits per heavy atom. The zero-order valence-electron chi connectivity index (χ0n) is 19.7. The molecule has 0 radical (unpaired) electrons. The fourth-order valence-electron chi connectivity index (χ4n) is 3.97. The molecular formula is C26H16F2N4O5S2. The highest BCUT2D eigenvalue weighted by Crippen LogP contribution is 2.44. The Morgan fingerprint density at radius 3 is 2.21 bits per heavy atom. The SMILES string of the molecule is O=C1C(=O)N(c2nnc(SCc3ccc(F)cc3)s2)C(c2ccc([N+](=O)[O-])cc2)/C1=C(/O)c1ccc(F)cc1. The summed E-state index contributed by atoms with van der Waals surface area (Å²) in [6.07, 6.45) is 0. The number of carbonyl (C=O) groups excluding carboxylic acids is 2. The molecule has 0 bridgehead atoms. The highest BCUT2D eigenvalue weighted by molar-refractivity contribution is 8.00. The molecule has 9 nitrogen and oxygen atoms in total. The lowest BCUT2D eigenvalue weighted by Crippen LogP contribution is -2.29. The first kappa shape index (κ1) is 26.1. The number of carbonyl (C=O) groups is 2. The summed E-state index contributed by atoms with van der Waals surface area (Å²) < 4.78 is 27.1. The van der Waals surface area contributed by atoms with Crippen LogP contribution in [0.2, 0.25) is 0 Å². The van der Waals surface area contributed by atoms with Crippen molar-refractivity contribution in [3.8, 4) is 0 Å². The second-order valence-electron chi connectivity index (χ2n) is 8.29. The van der Waals surface area contributed by atoms with Gasteiger partial charge in [0.05, 0.1) is 16.5 Å². The zero-order chi connectivity index (χ0) is 27.7. The van der Waals surface area contributed by atoms with E-state index in [9.17, 15) is 33.6 Å². The summed E-state index contributed by atoms with van der Waals surface area (Å²) in [5.74, 6) is -2.98. The maximum Gasteiger partial charge on any atom is 0.301 e. The molecule has 1 fully saturated rings. The topological polar surface area (TPSA) is 127 Å². The summed E-state index contributed by atoms with van der Waals surface area (Å²) in [7, 11) is 0. The number of rotatable bonds is 7. The third kappa shape index (κ3) is 5.26. The molecule has 0 saturated carbocycles. The van der Waals surface area contributed by atoms with Crippen LogP contribution in [-0.4, -0.2) is 31.9 Å². The molecule has 2 heterocycles. The van der Waals surface area contributed by atoms with E-state index in [1.54, 1.807) is 12.1 Å². The number of amides is 1. The van der Waals surface area contributed by atoms with Crippen molar-refractivity contribution < 1.29 is 28.4 Å². The van der Waals surface area contributed by atoms with E-state index in [1.165, 1.54) is 60.3 Å². The number of Topliss-reactive ketones (excluding diaryl/α,β-unsaturated/α-hetero) is 1. The normalized spacial score (nSPS) is 16.6. The second-order valence-corrected chi connectivity index (χ2v) is 10.5. The van der Waals surface area contributed by atoms with Crippen LogP contribution in [0.5, 0.6) is 0 Å². The Morgan fingerprint density at radius 1 is 0.974 bits per heavy atom. The summed E-state index contributed by atoms with van der Waals surface area (Å²) in [6, 6.07) is 14.7. The summed E-state index contributed by atoms with van der Waals surface area (Å²) in [6.45, 7) is 0. The van der Waals surface area contributed by atoms with Crippen LogP contribution in [-0.2, 0) is 15.3 Å². The van der Waals surface area contributed by atoms with Gasteiger partial charge in [-0.2, -0.15) is 0 Å². The predicted octanol–water partition coefficient (Wildman–Crippen LogP) is 5.64. The first-order valence-corrected chi connectivity index (χ1v) is 13.0. The van der Waals surface area contributed by atoms with E-state index in [0.29, 0.717) is 15.7 Å². The summed E-state index contributed by atoms with van der Waals surface area (Å²) in [5.41, 5.74) is 0.762. The van der Waals surface area contributed by atoms with Gasteiger partial charge < -0.3 is 5.11 Å². The van der Waals surface area contributed by atoms with Crippen molar-refractivity contribution in [3.63, 3.8) is 0 Å². The van der Waals surface area contributed by atoms with Crippen LogP contribution in [0, 0.1) is 21.7 Å². The molecule has 1 atom stereocenters. The number of nitro groups is 1. The van der Waals surface area contributed by atoms with Crippen molar-refractivity contribution in [2.24, 2.45) is 0 Å². The molecule has 4 aromatic rings. The maximum absolute atomic E-state index is 13.5. The summed E-state index contributed by atoms with van der Waals surface area (Å²) >= 11 is 2.33. The third-order valence-corrected chi connectivity index (χ3v) is 7.99. The average Bonchev–Trinajstić information content (AvgIpc) is 3.50. The van der Waals surface area contributed by atoms with Crippen LogP contribution in [0.4, 0.5) is 19.6 Å². The Bertz CT molecular complexity index is 1610. The molecule has 0 spiro atoms. The van der Waals surface area contributed by atoms with E-state index in [2.05, 4.69) is 10.2 Å². The Kier molecular flexibility index (Phi) is 7.17. The number of aliphatic hydroxyl groups excluding tert-OH is 1. The largest absolute Gasteiger partial charge is 0.507 e. The van der Waals surface area contributed by atoms with E-state index in [-0.39, 0.29) is 27.8 Å². The van der Waals surface area contributed by atoms with Crippen molar-refractivity contribution in [2.75, 3.05) is 4.90 Å². The van der Waals surface area contributed by atoms with Gasteiger partial charge in [0.25, 0.3) is 11.5 Å². The van der Waals surface area contributed by atoms with Gasteiger partial charge in [-0.3, -0.25) is 24.6 Å². The van der Waals surface area contributed by atoms with Gasteiger partial charge in [0.2, 0.25) is 5.13 Å². The second kappa shape index (κ2) is 10.7. The monoisotopic (exact) mass is 566 g/mol. The quantitative estimate of drug-likeness (QED) is 0.0579. The van der Waals surface area contributed by atoms with Crippen LogP contribution < -0.4 is 4.90 Å². The maximum atomic E-state index is 13.5. The van der Waals surface area contributed by atoms with E-state index < -0.39 is 34.2 Å². The van der Waals surface area contributed by atoms with Crippen molar-refractivity contribution in [1.29, 1.82) is 0 Å². The van der Waals surface area contributed by atoms with Crippen LogP contribution in [0.3, 0.4) is 0 Å². The molecule has 1 aliphatic rings. The Balaban J connectivity index is 1.54. The highest BCUT2D eigenvalue weighted by atomic mass is 32.2. The number of nitro benzene ring substituents is 1. The number of hydrogen-bond acceptors (Lipinski definition) is 9. The lowest BCUT2D eigenvalue weighted by molar-refractivity contribution is -0.384. The molecule has 1 aromatic heterocycles. The molecule has 13 heteroatoms. The molecule has 0 aliphatic carbocycles. The fraction of sp³-hybridized carbons (Fsp3) is 0.0769. The molecular weight excluding hydrogens is 550 g/mol. The summed E-state index contributed by atoms with van der Waals surface area (Å²) in [5, 5.41) is 30.5. The van der Waals surface area contributed by atoms with E-state index >= 15 is 0 Å². The molecule has 1 unspecified atom stereocenters. The molecule has 5 rings (SSSR count). The first-order chi connectivity index (χ1) is 18.7. The number of aliphatic hydroxyl groups is 1. The molecule has 3 aromatic carbocycles. The number of ketones is 1. The van der Waals surface area contributed by atoms with E-state index in [0.717, 1.165) is 33.9 Å². The van der Waals surface area contributed by atoms with Crippen molar-refractivity contribution in [1.82, 2.24) is 10.2 Å². The lowest BCUT2D eigenvalue weighted by atomic mass is 9.95. The van der Waals surface area contributed by atoms with Crippen LogP contribution in [0.25, 0.3) is 5.76 Å². The lowest BCUT2D eigenvalue weighted by Gasteiger charge is -2.22. The number of nitrogens with zero attached hydrogens (tertiary/aromatic N) is 4. The third-order valence-electron chi connectivity index (χ3n) is 5.86. The number of non-ortho nitro benzene ring substituents is 1. The predicted molar refractivity (Wildman–Crippen MR) is 140 cm³/mol. The van der Waals surface area contributed by atoms with Gasteiger partial charge in [-0.1, -0.05) is 35.2 Å². The number of hydrogen-bond donors (Lipinski definition) is 1. The van der Waals surface area contributed by atoms with Gasteiger partial charge in [-0.05, 0) is 59.7 Å². The van der Waals surface area contributed by atoms with Crippen molar-refractivity contribution in [3.05, 3.63) is 117 Å². The molecule has 39 heavy (non-hydrogen) atoms. The Labute approximate surface area is 227 Å². The molecule has 1 saturated heterocycles. The summed E-state index contributed by atoms with van der Waals surface area (Å²) in [4.78, 5) is 38.1. The Hall–Kier alpha value is -4.49. The number of halogens is 2. The van der Waals surface area contributed by atoms with Gasteiger partial charge >= 0.3 is 5.91 Å². The number of benzene rings is 3. The number of aromatic nitrogens is 2. The smallest absolute Gasteiger partial charge is 0.301 e. The van der Waals surface area contributed by atoms with E-state index in [1.807, 2.05) is 0 Å². The van der Waals surface area contributed by atoms with Gasteiger partial charge in [0, 0.05) is 23.4 Å². The van der Waals surface area contributed by atoms with Gasteiger partial charge in [-0.15, -0.1) is 10.2 Å². The van der Waals surface area contributed by atoms with Crippen LogP contribution in [0.15, 0.2) is 82.7 Å². The average molecular weight is 567 g/mol. The van der Waals surface area contributed by atoms with Crippen LogP contribution >= 0.6 is 23.1 Å². The van der Waals surface area contributed by atoms with Crippen molar-refractivity contribution in [2.45, 2.75) is 16.1 Å².